The summed E-state index contributed by atoms with van der Waals surface area (Å²) in [6.45, 7) is 3.57. The molecule has 0 unspecified atom stereocenters. The molecular weight excluding hydrogens is 80.0 g/mol. The monoisotopic (exact) mass is 88.1 g/mol. The summed E-state index contributed by atoms with van der Waals surface area (Å²) in [5.41, 5.74) is 0. The molecule has 2 nitrogen and oxygen atoms in total. The van der Waals surface area contributed by atoms with Crippen LogP contribution in [0.3, 0.4) is 0 Å². The van der Waals surface area contributed by atoms with Crippen molar-refractivity contribution in [3.05, 3.63) is 12.7 Å². The van der Waals surface area contributed by atoms with Gasteiger partial charge in [-0.2, -0.15) is 0 Å². The molecule has 0 fully saturated rings. The van der Waals surface area contributed by atoms with Crippen molar-refractivity contribution in [2.45, 2.75) is 0 Å². The lowest BCUT2D eigenvalue weighted by atomic mass is 10.7. The molecular formula is C4H8O2. The van der Waals surface area contributed by atoms with Gasteiger partial charge in [-0.3, -0.25) is 0 Å². The Bertz CT molecular complexity index is 34.5. The number of rotatable bonds is 3. The van der Waals surface area contributed by atoms with Gasteiger partial charge in [-0.1, -0.05) is 6.08 Å². The van der Waals surface area contributed by atoms with Crippen LogP contribution < -0.4 is 0 Å². The first-order valence-electron chi connectivity index (χ1n) is 1.71. The van der Waals surface area contributed by atoms with E-state index in [0.29, 0.717) is 6.61 Å². The Balaban J connectivity index is 2.49. The van der Waals surface area contributed by atoms with Crippen LogP contribution in [0, 0.1) is 0 Å². The van der Waals surface area contributed by atoms with Crippen molar-refractivity contribution in [3.8, 4) is 0 Å². The van der Waals surface area contributed by atoms with Gasteiger partial charge in [0, 0.05) is 0 Å². The van der Waals surface area contributed by atoms with Crippen molar-refractivity contribution in [1.82, 2.24) is 0 Å². The summed E-state index contributed by atoms with van der Waals surface area (Å²) in [5, 5.41) is 7.93. The molecule has 1 N–H and O–H groups in total. The van der Waals surface area contributed by atoms with Crippen LogP contribution in [-0.2, 0) is 4.74 Å². The number of hydrogen-bond acceptors (Lipinski definition) is 2. The van der Waals surface area contributed by atoms with Crippen LogP contribution in [0.15, 0.2) is 12.7 Å². The van der Waals surface area contributed by atoms with E-state index in [-0.39, 0.29) is 6.79 Å². The van der Waals surface area contributed by atoms with E-state index in [4.69, 9.17) is 5.11 Å². The molecule has 0 atom stereocenters. The summed E-state index contributed by atoms with van der Waals surface area (Å²) in [4.78, 5) is 0. The van der Waals surface area contributed by atoms with Gasteiger partial charge in [0.05, 0.1) is 6.61 Å². The lowest BCUT2D eigenvalue weighted by molar-refractivity contribution is 0.0132. The minimum atomic E-state index is -0.216. The average Bonchev–Trinajstić information content (AvgIpc) is 1.61. The van der Waals surface area contributed by atoms with Crippen molar-refractivity contribution < 1.29 is 9.84 Å². The Labute approximate surface area is 37.1 Å². The van der Waals surface area contributed by atoms with Gasteiger partial charge in [0.15, 0.2) is 0 Å². The number of hydrogen-bond donors (Lipinski definition) is 1. The van der Waals surface area contributed by atoms with Crippen LogP contribution in [0.1, 0.15) is 0 Å². The second-order valence-electron chi connectivity index (χ2n) is 0.789. The fourth-order valence-corrected chi connectivity index (χ4v) is 0.136. The zero-order valence-corrected chi connectivity index (χ0v) is 3.55. The molecule has 0 saturated heterocycles. The summed E-state index contributed by atoms with van der Waals surface area (Å²) in [6.07, 6.45) is 1.58. The Kier molecular flexibility index (Phi) is 4.40. The minimum Gasteiger partial charge on any atom is -0.371 e. The van der Waals surface area contributed by atoms with Gasteiger partial charge in [-0.25, -0.2) is 0 Å². The molecule has 0 aromatic carbocycles. The fraction of sp³-hybridized carbons (Fsp3) is 0.500. The highest BCUT2D eigenvalue weighted by Crippen LogP contribution is 1.66. The number of ether oxygens (including phenoxy) is 1. The summed E-state index contributed by atoms with van der Waals surface area (Å²) in [7, 11) is 0. The molecule has 0 rings (SSSR count). The van der Waals surface area contributed by atoms with Gasteiger partial charge in [0.2, 0.25) is 0 Å². The highest BCUT2D eigenvalue weighted by atomic mass is 16.6. The molecule has 0 heterocycles. The van der Waals surface area contributed by atoms with E-state index >= 15 is 0 Å². The van der Waals surface area contributed by atoms with Gasteiger partial charge < -0.3 is 9.84 Å². The highest BCUT2D eigenvalue weighted by Gasteiger charge is 1.68. The van der Waals surface area contributed by atoms with Crippen molar-refractivity contribution in [2.75, 3.05) is 13.4 Å². The van der Waals surface area contributed by atoms with Gasteiger partial charge in [-0.15, -0.1) is 6.58 Å². The summed E-state index contributed by atoms with van der Waals surface area (Å²) >= 11 is 0. The Morgan fingerprint density at radius 1 is 1.83 bits per heavy atom. The molecule has 0 spiro atoms. The lowest BCUT2D eigenvalue weighted by Gasteiger charge is -1.87. The Morgan fingerprint density at radius 3 is 2.67 bits per heavy atom. The van der Waals surface area contributed by atoms with Gasteiger partial charge in [0.1, 0.15) is 6.79 Å². The zero-order valence-electron chi connectivity index (χ0n) is 3.55. The molecule has 0 aliphatic heterocycles. The molecule has 6 heavy (non-hydrogen) atoms. The SMILES string of the molecule is C=CCOCO. The van der Waals surface area contributed by atoms with E-state index in [1.54, 1.807) is 6.08 Å². The zero-order chi connectivity index (χ0) is 4.83. The van der Waals surface area contributed by atoms with Crippen molar-refractivity contribution in [3.63, 3.8) is 0 Å². The van der Waals surface area contributed by atoms with Crippen molar-refractivity contribution in [1.29, 1.82) is 0 Å². The smallest absolute Gasteiger partial charge is 0.143 e. The summed E-state index contributed by atoms with van der Waals surface area (Å²) < 4.78 is 4.42. The van der Waals surface area contributed by atoms with Gasteiger partial charge in [-0.05, 0) is 0 Å². The van der Waals surface area contributed by atoms with Crippen LogP contribution in [0.2, 0.25) is 0 Å². The molecule has 0 amide bonds. The van der Waals surface area contributed by atoms with Crippen LogP contribution in [0.25, 0.3) is 0 Å². The third-order valence-electron chi connectivity index (χ3n) is 0.327. The van der Waals surface area contributed by atoms with Crippen molar-refractivity contribution in [2.24, 2.45) is 0 Å². The van der Waals surface area contributed by atoms with Gasteiger partial charge >= 0.3 is 0 Å². The summed E-state index contributed by atoms with van der Waals surface area (Å²) in [5.74, 6) is 0. The van der Waals surface area contributed by atoms with Crippen molar-refractivity contribution >= 4 is 0 Å². The second kappa shape index (κ2) is 4.66. The molecule has 0 aliphatic rings. The number of aliphatic hydroxyl groups is 1. The fourth-order valence-electron chi connectivity index (χ4n) is 0.136. The standard InChI is InChI=1S/C4H8O2/c1-2-3-6-4-5/h2,5H,1,3-4H2. The Hall–Kier alpha value is -0.340. The van der Waals surface area contributed by atoms with E-state index in [9.17, 15) is 0 Å². The average molecular weight is 88.1 g/mol. The second-order valence-corrected chi connectivity index (χ2v) is 0.789. The molecule has 0 aromatic heterocycles. The molecule has 36 valence electrons. The first-order chi connectivity index (χ1) is 2.91. The maximum Gasteiger partial charge on any atom is 0.143 e. The van der Waals surface area contributed by atoms with E-state index in [1.807, 2.05) is 0 Å². The summed E-state index contributed by atoms with van der Waals surface area (Å²) in [6, 6.07) is 0. The molecule has 0 aromatic rings. The molecule has 2 heteroatoms. The molecule has 0 saturated carbocycles. The molecule has 0 aliphatic carbocycles. The van der Waals surface area contributed by atoms with E-state index < -0.39 is 0 Å². The topological polar surface area (TPSA) is 29.5 Å². The number of aliphatic hydroxyl groups excluding tert-OH is 1. The van der Waals surface area contributed by atoms with Gasteiger partial charge in [0.25, 0.3) is 0 Å². The molecule has 0 radical (unpaired) electrons. The first-order valence-corrected chi connectivity index (χ1v) is 1.71. The third-order valence-corrected chi connectivity index (χ3v) is 0.327. The first kappa shape index (κ1) is 5.66. The minimum absolute atomic E-state index is 0.216. The lowest BCUT2D eigenvalue weighted by Crippen LogP contribution is -1.89. The highest BCUT2D eigenvalue weighted by molar-refractivity contribution is 4.62. The van der Waals surface area contributed by atoms with Crippen LogP contribution in [-0.4, -0.2) is 18.5 Å². The normalized spacial score (nSPS) is 8.17. The third kappa shape index (κ3) is 3.66. The van der Waals surface area contributed by atoms with E-state index in [0.717, 1.165) is 0 Å². The largest absolute Gasteiger partial charge is 0.371 e. The van der Waals surface area contributed by atoms with E-state index in [2.05, 4.69) is 11.3 Å². The Morgan fingerprint density at radius 2 is 2.50 bits per heavy atom. The molecule has 0 bridgehead atoms. The van der Waals surface area contributed by atoms with E-state index in [1.165, 1.54) is 0 Å². The maximum atomic E-state index is 7.93. The maximum absolute atomic E-state index is 7.93. The predicted molar refractivity (Wildman–Crippen MR) is 23.2 cm³/mol. The quantitative estimate of drug-likeness (QED) is 0.302. The van der Waals surface area contributed by atoms with Crippen LogP contribution in [0.5, 0.6) is 0 Å². The van der Waals surface area contributed by atoms with Crippen LogP contribution in [0.4, 0.5) is 0 Å². The van der Waals surface area contributed by atoms with Crippen LogP contribution >= 0.6 is 0 Å². The predicted octanol–water partition coefficient (Wildman–Crippen LogP) is 0.139.